The Bertz CT molecular complexity index is 665. The lowest BCUT2D eigenvalue weighted by Crippen LogP contribution is -2.17. The summed E-state index contributed by atoms with van der Waals surface area (Å²) >= 11 is 12.2. The van der Waals surface area contributed by atoms with Gasteiger partial charge in [-0.1, -0.05) is 29.3 Å². The molecule has 0 aliphatic rings. The fourth-order valence-electron chi connectivity index (χ4n) is 1.87. The molecule has 0 atom stereocenters. The Morgan fingerprint density at radius 2 is 2.05 bits per heavy atom. The summed E-state index contributed by atoms with van der Waals surface area (Å²) in [4.78, 5) is 12.3. The number of benzene rings is 1. The Morgan fingerprint density at radius 1 is 1.35 bits per heavy atom. The number of nitrogens with zero attached hydrogens (tertiary/aromatic N) is 2. The second-order valence-corrected chi connectivity index (χ2v) is 5.27. The quantitative estimate of drug-likeness (QED) is 0.928. The molecule has 0 bridgehead atoms. The Hall–Kier alpha value is -1.52. The fraction of sp³-hybridized carbons (Fsp3) is 0.286. The van der Waals surface area contributed by atoms with Crippen molar-refractivity contribution in [3.8, 4) is 0 Å². The van der Waals surface area contributed by atoms with Crippen molar-refractivity contribution in [1.82, 2.24) is 9.78 Å². The van der Waals surface area contributed by atoms with E-state index in [1.165, 1.54) is 0 Å². The minimum Gasteiger partial charge on any atom is -0.321 e. The van der Waals surface area contributed by atoms with Crippen LogP contribution in [0.25, 0.3) is 0 Å². The van der Waals surface area contributed by atoms with E-state index in [0.717, 1.165) is 5.56 Å². The molecule has 0 aliphatic carbocycles. The Kier molecular flexibility index (Phi) is 4.35. The highest BCUT2D eigenvalue weighted by atomic mass is 35.5. The van der Waals surface area contributed by atoms with E-state index in [0.29, 0.717) is 33.7 Å². The van der Waals surface area contributed by atoms with Crippen molar-refractivity contribution in [2.75, 3.05) is 5.32 Å². The van der Waals surface area contributed by atoms with Crippen molar-refractivity contribution in [3.63, 3.8) is 0 Å². The van der Waals surface area contributed by atoms with Gasteiger partial charge in [0.05, 0.1) is 10.7 Å². The summed E-state index contributed by atoms with van der Waals surface area (Å²) in [5.41, 5.74) is 2.59. The normalized spacial score (nSPS) is 10.7. The maximum Gasteiger partial charge on any atom is 0.275 e. The minimum absolute atomic E-state index is 0.294. The third-order valence-electron chi connectivity index (χ3n) is 3.00. The van der Waals surface area contributed by atoms with Crippen LogP contribution < -0.4 is 5.32 Å². The van der Waals surface area contributed by atoms with Crippen LogP contribution in [0.2, 0.25) is 10.0 Å². The number of aromatic nitrogens is 2. The number of rotatable bonds is 3. The first kappa shape index (κ1) is 14.9. The summed E-state index contributed by atoms with van der Waals surface area (Å²) in [5, 5.41) is 7.99. The van der Waals surface area contributed by atoms with Crippen LogP contribution in [0, 0.1) is 13.8 Å². The topological polar surface area (TPSA) is 46.9 Å². The highest BCUT2D eigenvalue weighted by Gasteiger charge is 2.19. The predicted molar refractivity (Wildman–Crippen MR) is 81.8 cm³/mol. The first-order chi connectivity index (χ1) is 9.43. The first-order valence-electron chi connectivity index (χ1n) is 6.24. The van der Waals surface area contributed by atoms with E-state index in [1.54, 1.807) is 23.7 Å². The SMILES string of the molecule is CCn1nc(C)c(Cl)c1C(=O)Nc1ccc(C)c(Cl)c1. The number of carbonyl (C=O) groups is 1. The van der Waals surface area contributed by atoms with E-state index in [-0.39, 0.29) is 5.91 Å². The van der Waals surface area contributed by atoms with Gasteiger partial charge in [-0.05, 0) is 38.5 Å². The zero-order chi connectivity index (χ0) is 14.9. The molecule has 2 aromatic rings. The van der Waals surface area contributed by atoms with Crippen molar-refractivity contribution in [2.24, 2.45) is 0 Å². The Balaban J connectivity index is 2.30. The molecule has 1 amide bonds. The minimum atomic E-state index is -0.294. The number of nitrogens with one attached hydrogen (secondary N) is 1. The molecular weight excluding hydrogens is 297 g/mol. The van der Waals surface area contributed by atoms with Gasteiger partial charge in [-0.2, -0.15) is 5.10 Å². The molecule has 1 N–H and O–H groups in total. The van der Waals surface area contributed by atoms with Crippen molar-refractivity contribution in [1.29, 1.82) is 0 Å². The number of amides is 1. The number of carbonyl (C=O) groups excluding carboxylic acids is 1. The van der Waals surface area contributed by atoms with Crippen LogP contribution in [0.1, 0.15) is 28.7 Å². The second kappa shape index (κ2) is 5.85. The smallest absolute Gasteiger partial charge is 0.275 e. The molecule has 0 fully saturated rings. The molecule has 1 heterocycles. The van der Waals surface area contributed by atoms with Gasteiger partial charge in [0, 0.05) is 17.3 Å². The van der Waals surface area contributed by atoms with Crippen LogP contribution in [0.15, 0.2) is 18.2 Å². The molecule has 20 heavy (non-hydrogen) atoms. The average Bonchev–Trinajstić information content (AvgIpc) is 2.69. The third kappa shape index (κ3) is 2.81. The molecule has 106 valence electrons. The molecule has 0 unspecified atom stereocenters. The maximum atomic E-state index is 12.3. The molecule has 1 aromatic carbocycles. The van der Waals surface area contributed by atoms with E-state index in [2.05, 4.69) is 10.4 Å². The summed E-state index contributed by atoms with van der Waals surface area (Å²) in [6.45, 7) is 6.15. The molecule has 0 spiro atoms. The largest absolute Gasteiger partial charge is 0.321 e. The van der Waals surface area contributed by atoms with Gasteiger partial charge in [-0.25, -0.2) is 0 Å². The number of aryl methyl sites for hydroxylation is 3. The first-order valence-corrected chi connectivity index (χ1v) is 7.00. The molecule has 6 heteroatoms. The lowest BCUT2D eigenvalue weighted by molar-refractivity contribution is 0.101. The standard InChI is InChI=1S/C14H15Cl2N3O/c1-4-19-13(12(16)9(3)18-19)14(20)17-10-6-5-8(2)11(15)7-10/h5-7H,4H2,1-3H3,(H,17,20). The summed E-state index contributed by atoms with van der Waals surface area (Å²) < 4.78 is 1.59. The summed E-state index contributed by atoms with van der Waals surface area (Å²) in [7, 11) is 0. The fourth-order valence-corrected chi connectivity index (χ4v) is 2.27. The van der Waals surface area contributed by atoms with Crippen molar-refractivity contribution >= 4 is 34.8 Å². The monoisotopic (exact) mass is 311 g/mol. The van der Waals surface area contributed by atoms with Gasteiger partial charge in [-0.3, -0.25) is 9.48 Å². The van der Waals surface area contributed by atoms with Crippen LogP contribution in [0.3, 0.4) is 0 Å². The molecule has 0 saturated carbocycles. The van der Waals surface area contributed by atoms with E-state index in [4.69, 9.17) is 23.2 Å². The lowest BCUT2D eigenvalue weighted by atomic mass is 10.2. The van der Waals surface area contributed by atoms with Gasteiger partial charge in [0.25, 0.3) is 5.91 Å². The highest BCUT2D eigenvalue weighted by Crippen LogP contribution is 2.23. The van der Waals surface area contributed by atoms with E-state index in [9.17, 15) is 4.79 Å². The maximum absolute atomic E-state index is 12.3. The van der Waals surface area contributed by atoms with Gasteiger partial charge in [0.2, 0.25) is 0 Å². The number of hydrogen-bond acceptors (Lipinski definition) is 2. The lowest BCUT2D eigenvalue weighted by Gasteiger charge is -2.08. The molecule has 1 aromatic heterocycles. The number of hydrogen-bond donors (Lipinski definition) is 1. The number of anilines is 1. The average molecular weight is 312 g/mol. The van der Waals surface area contributed by atoms with Crippen LogP contribution >= 0.6 is 23.2 Å². The molecule has 4 nitrogen and oxygen atoms in total. The van der Waals surface area contributed by atoms with Crippen molar-refractivity contribution < 1.29 is 4.79 Å². The predicted octanol–water partition coefficient (Wildman–Crippen LogP) is 4.08. The Labute approximate surface area is 127 Å². The van der Waals surface area contributed by atoms with Crippen molar-refractivity contribution in [2.45, 2.75) is 27.3 Å². The van der Waals surface area contributed by atoms with Crippen molar-refractivity contribution in [3.05, 3.63) is 45.2 Å². The number of halogens is 2. The molecule has 0 saturated heterocycles. The molecular formula is C14H15Cl2N3O. The highest BCUT2D eigenvalue weighted by molar-refractivity contribution is 6.35. The Morgan fingerprint density at radius 3 is 2.65 bits per heavy atom. The van der Waals surface area contributed by atoms with E-state index >= 15 is 0 Å². The summed E-state index contributed by atoms with van der Waals surface area (Å²) in [6, 6.07) is 5.36. The molecule has 2 rings (SSSR count). The molecule has 0 aliphatic heterocycles. The van der Waals surface area contributed by atoms with Gasteiger partial charge in [-0.15, -0.1) is 0 Å². The summed E-state index contributed by atoms with van der Waals surface area (Å²) in [5.74, 6) is -0.294. The second-order valence-electron chi connectivity index (χ2n) is 4.48. The van der Waals surface area contributed by atoms with Gasteiger partial charge in [0.15, 0.2) is 0 Å². The van der Waals surface area contributed by atoms with E-state index in [1.807, 2.05) is 19.9 Å². The van der Waals surface area contributed by atoms with Crippen LogP contribution in [-0.4, -0.2) is 15.7 Å². The zero-order valence-electron chi connectivity index (χ0n) is 11.5. The molecule has 0 radical (unpaired) electrons. The van der Waals surface area contributed by atoms with Gasteiger partial charge < -0.3 is 5.32 Å². The van der Waals surface area contributed by atoms with Gasteiger partial charge in [0.1, 0.15) is 5.69 Å². The zero-order valence-corrected chi connectivity index (χ0v) is 13.0. The third-order valence-corrected chi connectivity index (χ3v) is 3.86. The van der Waals surface area contributed by atoms with E-state index < -0.39 is 0 Å². The van der Waals surface area contributed by atoms with Gasteiger partial charge >= 0.3 is 0 Å². The van der Waals surface area contributed by atoms with Crippen LogP contribution in [0.5, 0.6) is 0 Å². The van der Waals surface area contributed by atoms with Crippen LogP contribution in [-0.2, 0) is 6.54 Å². The summed E-state index contributed by atoms with van der Waals surface area (Å²) in [6.07, 6.45) is 0. The van der Waals surface area contributed by atoms with Crippen LogP contribution in [0.4, 0.5) is 5.69 Å².